The zero-order valence-corrected chi connectivity index (χ0v) is 7.18. The molecule has 0 bridgehead atoms. The summed E-state index contributed by atoms with van der Waals surface area (Å²) < 4.78 is 34.1. The van der Waals surface area contributed by atoms with Crippen molar-refractivity contribution in [3.8, 4) is 11.1 Å². The molecule has 0 radical (unpaired) electrons. The number of nitrogens with two attached hydrogens (primary N) is 2. The van der Waals surface area contributed by atoms with E-state index in [1.54, 1.807) is 0 Å². The molecule has 0 aromatic heterocycles. The molecular weight excluding hydrogens is 199 g/mol. The predicted molar refractivity (Wildman–Crippen MR) is 46.9 cm³/mol. The number of hydrogen-bond donors (Lipinski definition) is 3. The van der Waals surface area contributed by atoms with Crippen LogP contribution in [0.5, 0.6) is 0 Å². The van der Waals surface area contributed by atoms with Gasteiger partial charge in [0.25, 0.3) is 0 Å². The zero-order valence-electron chi connectivity index (χ0n) is 6.36. The minimum Gasteiger partial charge on any atom is -0.397 e. The fourth-order valence-electron chi connectivity index (χ4n) is 0.873. The average molecular weight is 206 g/mol. The van der Waals surface area contributed by atoms with E-state index in [9.17, 15) is 3.89 Å². The molecule has 0 saturated heterocycles. The Hall–Kier alpha value is -1.34. The van der Waals surface area contributed by atoms with Crippen LogP contribution >= 0.6 is 0 Å². The number of benzene rings is 1. The van der Waals surface area contributed by atoms with Gasteiger partial charge in [-0.1, -0.05) is 3.89 Å². The first-order valence-corrected chi connectivity index (χ1v) is 4.49. The number of halogens is 1. The molecule has 13 heavy (non-hydrogen) atoms. The van der Waals surface area contributed by atoms with Crippen LogP contribution in [0.4, 0.5) is 15.3 Å². The van der Waals surface area contributed by atoms with Crippen molar-refractivity contribution in [2.24, 2.45) is 0 Å². The van der Waals surface area contributed by atoms with Crippen molar-refractivity contribution < 1.29 is 16.9 Å². The summed E-state index contributed by atoms with van der Waals surface area (Å²) in [5.74, 6) is 0. The second-order valence-corrected chi connectivity index (χ2v) is 3.26. The molecule has 0 spiro atoms. The number of nitrogen functional groups attached to an aromatic ring is 2. The highest BCUT2D eigenvalue weighted by molar-refractivity contribution is 7.80. The van der Waals surface area contributed by atoms with Crippen LogP contribution < -0.4 is 11.5 Å². The summed E-state index contributed by atoms with van der Waals surface area (Å²) in [5.41, 5.74) is 14.8. The van der Waals surface area contributed by atoms with Gasteiger partial charge in [-0.25, -0.2) is 0 Å². The molecule has 0 amide bonds. The summed E-state index contributed by atoms with van der Waals surface area (Å²) in [6.07, 6.45) is 0. The van der Waals surface area contributed by atoms with Crippen molar-refractivity contribution in [1.29, 1.82) is 0 Å². The van der Waals surface area contributed by atoms with E-state index in [1.165, 1.54) is 5.56 Å². The van der Waals surface area contributed by atoms with Gasteiger partial charge in [0.2, 0.25) is 0 Å². The van der Waals surface area contributed by atoms with Gasteiger partial charge in [-0.3, -0.25) is 4.55 Å². The van der Waals surface area contributed by atoms with Crippen molar-refractivity contribution in [1.82, 2.24) is 0 Å². The maximum atomic E-state index is 10.2. The van der Waals surface area contributed by atoms with Crippen molar-refractivity contribution in [2.45, 2.75) is 0 Å². The number of fused-ring (bicyclic) bond motifs is 1. The van der Waals surface area contributed by atoms with Gasteiger partial charge < -0.3 is 11.5 Å². The Morgan fingerprint density at radius 1 is 1.31 bits per heavy atom. The van der Waals surface area contributed by atoms with Crippen LogP contribution in [-0.2, 0) is 10.5 Å². The Kier molecular flexibility index (Phi) is 2.14. The number of hydrogen-bond acceptors (Lipinski definition) is 4. The summed E-state index contributed by atoms with van der Waals surface area (Å²) in [5, 5.41) is 0. The molecule has 0 heterocycles. The Morgan fingerprint density at radius 3 is 1.92 bits per heavy atom. The van der Waals surface area contributed by atoms with Crippen LogP contribution in [0, 0.1) is 0 Å². The molecular formula is C6H7FN2O3S. The van der Waals surface area contributed by atoms with Crippen LogP contribution in [-0.4, -0.2) is 13.0 Å². The topological polar surface area (TPSA) is 106 Å². The van der Waals surface area contributed by atoms with Crippen molar-refractivity contribution in [2.75, 3.05) is 11.5 Å². The summed E-state index contributed by atoms with van der Waals surface area (Å²) in [6.45, 7) is 0. The van der Waals surface area contributed by atoms with E-state index in [0.717, 1.165) is 16.9 Å². The van der Waals surface area contributed by atoms with E-state index in [2.05, 4.69) is 0 Å². The normalized spacial score (nSPS) is 11.5. The molecule has 0 aromatic carbocycles. The second-order valence-electron chi connectivity index (χ2n) is 2.44. The quantitative estimate of drug-likeness (QED) is 0.332. The molecule has 0 unspecified atom stereocenters. The van der Waals surface area contributed by atoms with Crippen LogP contribution in [0.1, 0.15) is 0 Å². The highest BCUT2D eigenvalue weighted by atomic mass is 32.3. The summed E-state index contributed by atoms with van der Waals surface area (Å²) in [4.78, 5) is 0. The highest BCUT2D eigenvalue weighted by Crippen LogP contribution is 2.44. The maximum Gasteiger partial charge on any atom is 0.435 e. The van der Waals surface area contributed by atoms with Gasteiger partial charge in [0, 0.05) is 5.56 Å². The first kappa shape index (κ1) is 9.75. The molecule has 5 nitrogen and oxygen atoms in total. The van der Waals surface area contributed by atoms with E-state index in [-0.39, 0.29) is 0 Å². The largest absolute Gasteiger partial charge is 0.435 e. The lowest BCUT2D eigenvalue weighted by Crippen LogP contribution is -1.88. The lowest BCUT2D eigenvalue weighted by molar-refractivity contribution is 0.435. The summed E-state index contributed by atoms with van der Waals surface area (Å²) in [6, 6.07) is 3.91. The molecule has 2 aliphatic carbocycles. The Labute approximate surface area is 74.2 Å². The van der Waals surface area contributed by atoms with Crippen molar-refractivity contribution in [3.05, 3.63) is 12.1 Å². The van der Waals surface area contributed by atoms with E-state index in [4.69, 9.17) is 24.4 Å². The van der Waals surface area contributed by atoms with Gasteiger partial charge in [-0.15, -0.1) is 0 Å². The van der Waals surface area contributed by atoms with Gasteiger partial charge in [-0.05, 0) is 17.7 Å². The third kappa shape index (κ3) is 2.88. The van der Waals surface area contributed by atoms with Crippen molar-refractivity contribution in [3.63, 3.8) is 0 Å². The first-order chi connectivity index (χ1) is 5.79. The standard InChI is InChI=1S/C6H6N2.FHO3S/c7-5-2-3-1-4(3)6(5)8;1-5(2,3)4/h1-2H,7-8H2;(H,2,3,4). The lowest BCUT2D eigenvalue weighted by atomic mass is 10.4. The summed E-state index contributed by atoms with van der Waals surface area (Å²) in [7, 11) is -5.17. The molecule has 72 valence electrons. The minimum absolute atomic E-state index is 0.720. The lowest BCUT2D eigenvalue weighted by Gasteiger charge is -1.85. The molecule has 0 atom stereocenters. The van der Waals surface area contributed by atoms with Gasteiger partial charge in [0.05, 0.1) is 11.4 Å². The number of rotatable bonds is 0. The van der Waals surface area contributed by atoms with Crippen LogP contribution in [0.25, 0.3) is 11.1 Å². The van der Waals surface area contributed by atoms with Gasteiger partial charge in [0.15, 0.2) is 0 Å². The molecule has 0 saturated carbocycles. The Morgan fingerprint density at radius 2 is 1.77 bits per heavy atom. The molecule has 7 heteroatoms. The van der Waals surface area contributed by atoms with Crippen LogP contribution in [0.15, 0.2) is 12.1 Å². The van der Waals surface area contributed by atoms with Gasteiger partial charge in [0.1, 0.15) is 0 Å². The van der Waals surface area contributed by atoms with E-state index >= 15 is 0 Å². The fraction of sp³-hybridized carbons (Fsp3) is 0. The molecule has 0 aliphatic heterocycles. The third-order valence-electron chi connectivity index (χ3n) is 1.44. The zero-order chi connectivity index (χ0) is 10.2. The van der Waals surface area contributed by atoms with Crippen molar-refractivity contribution >= 4 is 21.9 Å². The maximum absolute atomic E-state index is 10.2. The van der Waals surface area contributed by atoms with E-state index < -0.39 is 10.5 Å². The Balaban J connectivity index is 0.000000149. The first-order valence-electron chi connectivity index (χ1n) is 3.15. The smallest absolute Gasteiger partial charge is 0.397 e. The van der Waals surface area contributed by atoms with E-state index in [1.807, 2.05) is 12.1 Å². The van der Waals surface area contributed by atoms with E-state index in [0.29, 0.717) is 0 Å². The second kappa shape index (κ2) is 2.86. The molecule has 5 N–H and O–H groups in total. The molecule has 2 aliphatic rings. The average Bonchev–Trinajstić information content (AvgIpc) is 2.56. The Bertz CT molecular complexity index is 435. The monoisotopic (exact) mass is 206 g/mol. The molecule has 2 rings (SSSR count). The third-order valence-corrected chi connectivity index (χ3v) is 1.44. The highest BCUT2D eigenvalue weighted by Gasteiger charge is 2.18. The molecule has 0 fully saturated rings. The van der Waals surface area contributed by atoms with Crippen LogP contribution in [0.3, 0.4) is 0 Å². The SMILES string of the molecule is Nc1cc2cc-2c1N.O=S(=O)(O)F. The number of anilines is 2. The van der Waals surface area contributed by atoms with Gasteiger partial charge in [-0.2, -0.15) is 8.42 Å². The minimum atomic E-state index is -5.17. The molecule has 0 aromatic rings. The summed E-state index contributed by atoms with van der Waals surface area (Å²) >= 11 is 0. The van der Waals surface area contributed by atoms with Gasteiger partial charge >= 0.3 is 10.5 Å². The fourth-order valence-corrected chi connectivity index (χ4v) is 0.873. The predicted octanol–water partition coefficient (Wildman–Crippen LogP) is 0.590. The van der Waals surface area contributed by atoms with Crippen LogP contribution in [0.2, 0.25) is 0 Å².